The van der Waals surface area contributed by atoms with Crippen molar-refractivity contribution in [1.82, 2.24) is 14.9 Å². The molecular weight excluding hydrogens is 300 g/mol. The summed E-state index contributed by atoms with van der Waals surface area (Å²) >= 11 is 0. The molecule has 122 valence electrons. The Morgan fingerprint density at radius 3 is 2.21 bits per heavy atom. The first-order chi connectivity index (χ1) is 11.8. The Morgan fingerprint density at radius 1 is 0.958 bits per heavy atom. The standard InChI is InChI=1S/C19H20N4O/c20-11-14-1-3-15(4-2-14)16-12-21-19(22-13-16)24-18-7-9-23(10-8-18)17-5-6-17/h1-4,12-13,17-18H,5-10H2. The van der Waals surface area contributed by atoms with Crippen LogP contribution in [0.5, 0.6) is 6.01 Å². The summed E-state index contributed by atoms with van der Waals surface area (Å²) in [6, 6.07) is 10.8. The highest BCUT2D eigenvalue weighted by Crippen LogP contribution is 2.30. The van der Waals surface area contributed by atoms with Crippen LogP contribution in [0.15, 0.2) is 36.7 Å². The van der Waals surface area contributed by atoms with Gasteiger partial charge in [-0.05, 0) is 43.4 Å². The molecule has 1 aliphatic heterocycles. The first kappa shape index (κ1) is 15.1. The molecule has 0 amide bonds. The van der Waals surface area contributed by atoms with E-state index in [1.54, 1.807) is 24.5 Å². The van der Waals surface area contributed by atoms with Crippen molar-refractivity contribution in [2.75, 3.05) is 13.1 Å². The van der Waals surface area contributed by atoms with Crippen molar-refractivity contribution in [1.29, 1.82) is 5.26 Å². The molecule has 0 N–H and O–H groups in total. The van der Waals surface area contributed by atoms with Crippen LogP contribution < -0.4 is 4.74 Å². The van der Waals surface area contributed by atoms with Crippen LogP contribution in [0, 0.1) is 11.3 Å². The van der Waals surface area contributed by atoms with Crippen molar-refractivity contribution in [3.63, 3.8) is 0 Å². The second kappa shape index (κ2) is 6.58. The fraction of sp³-hybridized carbons (Fsp3) is 0.421. The molecule has 2 heterocycles. The van der Waals surface area contributed by atoms with Gasteiger partial charge in [0.2, 0.25) is 0 Å². The first-order valence-corrected chi connectivity index (χ1v) is 8.55. The molecule has 5 heteroatoms. The molecule has 1 aromatic heterocycles. The van der Waals surface area contributed by atoms with Crippen LogP contribution in [0.4, 0.5) is 0 Å². The minimum Gasteiger partial charge on any atom is -0.460 e. The summed E-state index contributed by atoms with van der Waals surface area (Å²) in [5.74, 6) is 0. The summed E-state index contributed by atoms with van der Waals surface area (Å²) in [7, 11) is 0. The van der Waals surface area contributed by atoms with Gasteiger partial charge in [-0.2, -0.15) is 5.26 Å². The second-order valence-corrected chi connectivity index (χ2v) is 6.53. The van der Waals surface area contributed by atoms with Crippen molar-refractivity contribution < 1.29 is 4.74 Å². The number of likely N-dealkylation sites (tertiary alicyclic amines) is 1. The lowest BCUT2D eigenvalue weighted by molar-refractivity contribution is 0.0890. The normalized spacial score (nSPS) is 19.0. The summed E-state index contributed by atoms with van der Waals surface area (Å²) in [5.41, 5.74) is 2.57. The third-order valence-electron chi connectivity index (χ3n) is 4.79. The number of ether oxygens (including phenoxy) is 1. The van der Waals surface area contributed by atoms with Crippen LogP contribution in [0.1, 0.15) is 31.2 Å². The molecule has 1 saturated heterocycles. The largest absolute Gasteiger partial charge is 0.460 e. The van der Waals surface area contributed by atoms with E-state index >= 15 is 0 Å². The van der Waals surface area contributed by atoms with Crippen molar-refractivity contribution in [3.05, 3.63) is 42.2 Å². The van der Waals surface area contributed by atoms with Gasteiger partial charge in [-0.25, -0.2) is 9.97 Å². The van der Waals surface area contributed by atoms with Crippen LogP contribution in [0.2, 0.25) is 0 Å². The van der Waals surface area contributed by atoms with Gasteiger partial charge >= 0.3 is 6.01 Å². The monoisotopic (exact) mass is 320 g/mol. The molecule has 0 spiro atoms. The van der Waals surface area contributed by atoms with E-state index in [-0.39, 0.29) is 6.10 Å². The quantitative estimate of drug-likeness (QED) is 0.866. The van der Waals surface area contributed by atoms with Crippen molar-refractivity contribution in [2.45, 2.75) is 37.8 Å². The van der Waals surface area contributed by atoms with Gasteiger partial charge in [0.1, 0.15) is 6.10 Å². The van der Waals surface area contributed by atoms with Gasteiger partial charge in [-0.15, -0.1) is 0 Å². The molecule has 1 saturated carbocycles. The fourth-order valence-electron chi connectivity index (χ4n) is 3.21. The smallest absolute Gasteiger partial charge is 0.316 e. The van der Waals surface area contributed by atoms with Gasteiger partial charge in [-0.3, -0.25) is 0 Å². The Kier molecular flexibility index (Phi) is 4.14. The average molecular weight is 320 g/mol. The van der Waals surface area contributed by atoms with Crippen molar-refractivity contribution in [3.8, 4) is 23.2 Å². The number of aromatic nitrogens is 2. The minimum atomic E-state index is 0.223. The highest BCUT2D eigenvalue weighted by molar-refractivity contribution is 5.62. The van der Waals surface area contributed by atoms with E-state index < -0.39 is 0 Å². The number of hydrogen-bond donors (Lipinski definition) is 0. The van der Waals surface area contributed by atoms with Crippen LogP contribution >= 0.6 is 0 Å². The topological polar surface area (TPSA) is 62.0 Å². The van der Waals surface area contributed by atoms with E-state index in [0.29, 0.717) is 11.6 Å². The molecule has 2 fully saturated rings. The van der Waals surface area contributed by atoms with Crippen LogP contribution in [-0.4, -0.2) is 40.1 Å². The summed E-state index contributed by atoms with van der Waals surface area (Å²) in [6.07, 6.45) is 8.62. The molecule has 1 aromatic carbocycles. The lowest BCUT2D eigenvalue weighted by Gasteiger charge is -2.31. The molecule has 4 rings (SSSR count). The van der Waals surface area contributed by atoms with E-state index in [9.17, 15) is 0 Å². The first-order valence-electron chi connectivity index (χ1n) is 8.55. The number of nitrogens with zero attached hydrogens (tertiary/aromatic N) is 4. The zero-order valence-electron chi connectivity index (χ0n) is 13.6. The van der Waals surface area contributed by atoms with E-state index in [0.717, 1.165) is 43.1 Å². The number of benzene rings is 1. The number of hydrogen-bond acceptors (Lipinski definition) is 5. The van der Waals surface area contributed by atoms with Crippen LogP contribution in [0.25, 0.3) is 11.1 Å². The van der Waals surface area contributed by atoms with E-state index in [2.05, 4.69) is 20.9 Å². The minimum absolute atomic E-state index is 0.223. The third-order valence-corrected chi connectivity index (χ3v) is 4.79. The molecule has 2 aromatic rings. The molecule has 2 aliphatic rings. The summed E-state index contributed by atoms with van der Waals surface area (Å²) in [6.45, 7) is 2.25. The van der Waals surface area contributed by atoms with Gasteiger partial charge in [0.15, 0.2) is 0 Å². The van der Waals surface area contributed by atoms with Gasteiger partial charge in [0, 0.05) is 37.1 Å². The number of piperidine rings is 1. The Bertz CT molecular complexity index is 723. The number of nitriles is 1. The molecule has 0 unspecified atom stereocenters. The van der Waals surface area contributed by atoms with Crippen LogP contribution in [0.3, 0.4) is 0 Å². The molecule has 1 aliphatic carbocycles. The maximum absolute atomic E-state index is 8.85. The second-order valence-electron chi connectivity index (χ2n) is 6.53. The van der Waals surface area contributed by atoms with Gasteiger partial charge in [0.25, 0.3) is 0 Å². The van der Waals surface area contributed by atoms with Gasteiger partial charge < -0.3 is 9.64 Å². The van der Waals surface area contributed by atoms with Crippen LogP contribution in [-0.2, 0) is 0 Å². The predicted octanol–water partition coefficient (Wildman–Crippen LogP) is 3.02. The van der Waals surface area contributed by atoms with Crippen molar-refractivity contribution in [2.24, 2.45) is 0 Å². The summed E-state index contributed by atoms with van der Waals surface area (Å²) in [4.78, 5) is 11.3. The molecule has 5 nitrogen and oxygen atoms in total. The fourth-order valence-corrected chi connectivity index (χ4v) is 3.21. The van der Waals surface area contributed by atoms with E-state index in [1.807, 2.05) is 12.1 Å². The Labute approximate surface area is 141 Å². The number of rotatable bonds is 4. The molecule has 24 heavy (non-hydrogen) atoms. The maximum Gasteiger partial charge on any atom is 0.316 e. The Balaban J connectivity index is 1.36. The Morgan fingerprint density at radius 2 is 1.62 bits per heavy atom. The van der Waals surface area contributed by atoms with Crippen molar-refractivity contribution >= 4 is 0 Å². The highest BCUT2D eigenvalue weighted by Gasteiger charge is 2.32. The van der Waals surface area contributed by atoms with E-state index in [4.69, 9.17) is 10.00 Å². The van der Waals surface area contributed by atoms with E-state index in [1.165, 1.54) is 12.8 Å². The SMILES string of the molecule is N#Cc1ccc(-c2cnc(OC3CCN(C4CC4)CC3)nc2)cc1. The maximum atomic E-state index is 8.85. The lowest BCUT2D eigenvalue weighted by atomic mass is 10.1. The zero-order chi connectivity index (χ0) is 16.4. The molecule has 0 atom stereocenters. The molecule has 0 radical (unpaired) electrons. The average Bonchev–Trinajstić information content (AvgIpc) is 3.48. The lowest BCUT2D eigenvalue weighted by Crippen LogP contribution is -2.39. The highest BCUT2D eigenvalue weighted by atomic mass is 16.5. The zero-order valence-corrected chi connectivity index (χ0v) is 13.6. The molecule has 0 bridgehead atoms. The van der Waals surface area contributed by atoms with Gasteiger partial charge in [-0.1, -0.05) is 12.1 Å². The predicted molar refractivity (Wildman–Crippen MR) is 90.4 cm³/mol. The summed E-state index contributed by atoms with van der Waals surface area (Å²) < 4.78 is 5.94. The Hall–Kier alpha value is -2.45. The third kappa shape index (κ3) is 3.39. The molecular formula is C19H20N4O. The van der Waals surface area contributed by atoms with Gasteiger partial charge in [0.05, 0.1) is 11.6 Å². The summed E-state index contributed by atoms with van der Waals surface area (Å²) in [5, 5.41) is 8.85.